The molecule has 1 aromatic rings. The van der Waals surface area contributed by atoms with Crippen molar-refractivity contribution in [2.75, 3.05) is 13.7 Å². The number of carbonyl (C=O) groups is 2. The van der Waals surface area contributed by atoms with E-state index < -0.39 is 5.54 Å². The van der Waals surface area contributed by atoms with Crippen LogP contribution >= 0.6 is 0 Å². The molecular formula is C18H28N2O3. The molecular weight excluding hydrogens is 292 g/mol. The Morgan fingerprint density at radius 2 is 1.78 bits per heavy atom. The number of carbonyl (C=O) groups excluding carboxylic acids is 2. The third kappa shape index (κ3) is 6.02. The van der Waals surface area contributed by atoms with Crippen molar-refractivity contribution in [2.24, 2.45) is 0 Å². The SMILES string of the molecule is CCC(CC)(CC(=O)OC)NCC(=O)NC(C)c1ccccc1. The van der Waals surface area contributed by atoms with Gasteiger partial charge in [0.05, 0.1) is 26.1 Å². The zero-order valence-corrected chi connectivity index (χ0v) is 14.5. The van der Waals surface area contributed by atoms with E-state index in [4.69, 9.17) is 4.74 Å². The molecule has 5 heteroatoms. The second-order valence-electron chi connectivity index (χ2n) is 5.79. The van der Waals surface area contributed by atoms with Crippen LogP contribution in [0.3, 0.4) is 0 Å². The van der Waals surface area contributed by atoms with Crippen molar-refractivity contribution in [1.29, 1.82) is 0 Å². The monoisotopic (exact) mass is 320 g/mol. The van der Waals surface area contributed by atoms with Crippen molar-refractivity contribution in [1.82, 2.24) is 10.6 Å². The van der Waals surface area contributed by atoms with E-state index >= 15 is 0 Å². The van der Waals surface area contributed by atoms with E-state index in [0.717, 1.165) is 18.4 Å². The standard InChI is InChI=1S/C18H28N2O3/c1-5-18(6-2,12-17(22)23-4)19-13-16(21)20-14(3)15-10-8-7-9-11-15/h7-11,14,19H,5-6,12-13H2,1-4H3,(H,20,21). The number of benzene rings is 1. The van der Waals surface area contributed by atoms with Gasteiger partial charge in [-0.15, -0.1) is 0 Å². The highest BCUT2D eigenvalue weighted by molar-refractivity contribution is 5.78. The molecule has 0 bridgehead atoms. The molecule has 0 saturated heterocycles. The molecule has 1 unspecified atom stereocenters. The van der Waals surface area contributed by atoms with Gasteiger partial charge in [0.25, 0.3) is 0 Å². The summed E-state index contributed by atoms with van der Waals surface area (Å²) in [7, 11) is 1.38. The molecule has 2 N–H and O–H groups in total. The lowest BCUT2D eigenvalue weighted by atomic mass is 9.89. The van der Waals surface area contributed by atoms with E-state index in [0.29, 0.717) is 0 Å². The van der Waals surface area contributed by atoms with Gasteiger partial charge < -0.3 is 15.4 Å². The fourth-order valence-electron chi connectivity index (χ4n) is 2.55. The van der Waals surface area contributed by atoms with Crippen LogP contribution in [0.5, 0.6) is 0 Å². The molecule has 0 aliphatic carbocycles. The Morgan fingerprint density at radius 3 is 2.30 bits per heavy atom. The van der Waals surface area contributed by atoms with Gasteiger partial charge in [-0.05, 0) is 25.3 Å². The van der Waals surface area contributed by atoms with Crippen molar-refractivity contribution >= 4 is 11.9 Å². The van der Waals surface area contributed by atoms with Crippen LogP contribution in [0.2, 0.25) is 0 Å². The minimum Gasteiger partial charge on any atom is -0.469 e. The molecule has 0 aliphatic rings. The summed E-state index contributed by atoms with van der Waals surface area (Å²) in [6.45, 7) is 6.14. The summed E-state index contributed by atoms with van der Waals surface area (Å²) in [6.07, 6.45) is 1.76. The van der Waals surface area contributed by atoms with Crippen molar-refractivity contribution in [3.8, 4) is 0 Å². The summed E-state index contributed by atoms with van der Waals surface area (Å²) in [5, 5.41) is 6.21. The molecule has 1 atom stereocenters. The maximum absolute atomic E-state index is 12.2. The van der Waals surface area contributed by atoms with Crippen molar-refractivity contribution in [2.45, 2.75) is 51.6 Å². The second-order valence-corrected chi connectivity index (χ2v) is 5.79. The van der Waals surface area contributed by atoms with Crippen LogP contribution in [-0.4, -0.2) is 31.1 Å². The fourth-order valence-corrected chi connectivity index (χ4v) is 2.55. The van der Waals surface area contributed by atoms with Gasteiger partial charge in [0.2, 0.25) is 5.91 Å². The first-order valence-electron chi connectivity index (χ1n) is 8.12. The van der Waals surface area contributed by atoms with Crippen LogP contribution < -0.4 is 10.6 Å². The molecule has 0 aromatic heterocycles. The highest BCUT2D eigenvalue weighted by atomic mass is 16.5. The lowest BCUT2D eigenvalue weighted by Gasteiger charge is -2.32. The molecule has 1 amide bonds. The Kier molecular flexibility index (Phi) is 7.75. The summed E-state index contributed by atoms with van der Waals surface area (Å²) in [4.78, 5) is 23.8. The quantitative estimate of drug-likeness (QED) is 0.686. The molecule has 1 aromatic carbocycles. The Bertz CT molecular complexity index is 498. The van der Waals surface area contributed by atoms with E-state index in [1.165, 1.54) is 7.11 Å². The van der Waals surface area contributed by atoms with Gasteiger partial charge in [-0.1, -0.05) is 44.2 Å². The molecule has 0 heterocycles. The summed E-state index contributed by atoms with van der Waals surface area (Å²) in [6, 6.07) is 9.76. The molecule has 0 saturated carbocycles. The van der Waals surface area contributed by atoms with Crippen LogP contribution in [0.15, 0.2) is 30.3 Å². The number of rotatable bonds is 9. The minimum absolute atomic E-state index is 0.0521. The number of amides is 1. The Hall–Kier alpha value is -1.88. The van der Waals surface area contributed by atoms with Gasteiger partial charge in [-0.25, -0.2) is 0 Å². The van der Waals surface area contributed by atoms with Gasteiger partial charge in [-0.2, -0.15) is 0 Å². The van der Waals surface area contributed by atoms with E-state index in [1.807, 2.05) is 51.1 Å². The lowest BCUT2D eigenvalue weighted by Crippen LogP contribution is -2.50. The zero-order chi connectivity index (χ0) is 17.3. The second kappa shape index (κ2) is 9.30. The number of hydrogen-bond acceptors (Lipinski definition) is 4. The van der Waals surface area contributed by atoms with Gasteiger partial charge in [0, 0.05) is 5.54 Å². The first-order valence-corrected chi connectivity index (χ1v) is 8.12. The lowest BCUT2D eigenvalue weighted by molar-refractivity contribution is -0.142. The van der Waals surface area contributed by atoms with Crippen molar-refractivity contribution in [3.05, 3.63) is 35.9 Å². The van der Waals surface area contributed by atoms with E-state index in [2.05, 4.69) is 10.6 Å². The predicted molar refractivity (Wildman–Crippen MR) is 90.9 cm³/mol. The maximum Gasteiger partial charge on any atom is 0.307 e. The number of hydrogen-bond donors (Lipinski definition) is 2. The average molecular weight is 320 g/mol. The van der Waals surface area contributed by atoms with Crippen LogP contribution in [0.4, 0.5) is 0 Å². The summed E-state index contributed by atoms with van der Waals surface area (Å²) in [5.41, 5.74) is 0.660. The summed E-state index contributed by atoms with van der Waals surface area (Å²) >= 11 is 0. The molecule has 5 nitrogen and oxygen atoms in total. The normalized spacial score (nSPS) is 12.5. The van der Waals surface area contributed by atoms with E-state index in [-0.39, 0.29) is 30.9 Å². The van der Waals surface area contributed by atoms with Gasteiger partial charge in [-0.3, -0.25) is 9.59 Å². The van der Waals surface area contributed by atoms with Gasteiger partial charge >= 0.3 is 5.97 Å². The Labute approximate surface area is 138 Å². The Morgan fingerprint density at radius 1 is 1.17 bits per heavy atom. The van der Waals surface area contributed by atoms with Crippen LogP contribution in [0.25, 0.3) is 0 Å². The largest absolute Gasteiger partial charge is 0.469 e. The molecule has 0 radical (unpaired) electrons. The molecule has 0 aliphatic heterocycles. The zero-order valence-electron chi connectivity index (χ0n) is 14.5. The average Bonchev–Trinajstić information content (AvgIpc) is 2.59. The highest BCUT2D eigenvalue weighted by Gasteiger charge is 2.29. The molecule has 128 valence electrons. The number of methoxy groups -OCH3 is 1. The third-order valence-electron chi connectivity index (χ3n) is 4.36. The van der Waals surface area contributed by atoms with Crippen LogP contribution in [0, 0.1) is 0 Å². The van der Waals surface area contributed by atoms with Crippen LogP contribution in [0.1, 0.15) is 51.6 Å². The highest BCUT2D eigenvalue weighted by Crippen LogP contribution is 2.20. The molecule has 0 spiro atoms. The van der Waals surface area contributed by atoms with E-state index in [9.17, 15) is 9.59 Å². The predicted octanol–water partition coefficient (Wildman–Crippen LogP) is 2.58. The fraction of sp³-hybridized carbons (Fsp3) is 0.556. The van der Waals surface area contributed by atoms with Crippen LogP contribution in [-0.2, 0) is 14.3 Å². The maximum atomic E-state index is 12.2. The van der Waals surface area contributed by atoms with Gasteiger partial charge in [0.1, 0.15) is 0 Å². The summed E-state index contributed by atoms with van der Waals surface area (Å²) in [5.74, 6) is -0.350. The topological polar surface area (TPSA) is 67.4 Å². The first-order chi connectivity index (χ1) is 11.0. The number of ether oxygens (including phenoxy) is 1. The smallest absolute Gasteiger partial charge is 0.307 e. The van der Waals surface area contributed by atoms with E-state index in [1.54, 1.807) is 0 Å². The first kappa shape index (κ1) is 19.2. The van der Waals surface area contributed by atoms with Gasteiger partial charge in [0.15, 0.2) is 0 Å². The molecule has 1 rings (SSSR count). The molecule has 23 heavy (non-hydrogen) atoms. The molecule has 0 fully saturated rings. The van der Waals surface area contributed by atoms with Crippen molar-refractivity contribution < 1.29 is 14.3 Å². The third-order valence-corrected chi connectivity index (χ3v) is 4.36. The minimum atomic E-state index is -0.402. The Balaban J connectivity index is 2.57. The number of nitrogens with one attached hydrogen (secondary N) is 2. The number of esters is 1. The summed E-state index contributed by atoms with van der Waals surface area (Å²) < 4.78 is 4.76. The van der Waals surface area contributed by atoms with Crippen molar-refractivity contribution in [3.63, 3.8) is 0 Å².